The molecule has 0 radical (unpaired) electrons. The molecule has 0 aliphatic heterocycles. The Morgan fingerprint density at radius 1 is 1.11 bits per heavy atom. The fraction of sp³-hybridized carbons (Fsp3) is 0.269. The molecular weight excluding hydrogens is 492 g/mol. The number of nitrogens with zero attached hydrogens (tertiary/aromatic N) is 2. The minimum absolute atomic E-state index is 0.104. The summed E-state index contributed by atoms with van der Waals surface area (Å²) in [7, 11) is -2.31. The molecule has 4 aromatic rings. The third-order valence-corrected chi connectivity index (χ3v) is 7.49. The molecule has 0 saturated carbocycles. The van der Waals surface area contributed by atoms with E-state index in [1.165, 1.54) is 24.3 Å². The summed E-state index contributed by atoms with van der Waals surface area (Å²) >= 11 is 0. The molecule has 37 heavy (non-hydrogen) atoms. The Bertz CT molecular complexity index is 1480. The Morgan fingerprint density at radius 3 is 2.59 bits per heavy atom. The first-order valence-electron chi connectivity index (χ1n) is 11.9. The normalized spacial score (nSPS) is 12.5. The van der Waals surface area contributed by atoms with Gasteiger partial charge in [-0.15, -0.1) is 0 Å². The van der Waals surface area contributed by atoms with Gasteiger partial charge in [-0.2, -0.15) is 0 Å². The number of pyridine rings is 1. The number of aromatic nitrogens is 3. The van der Waals surface area contributed by atoms with Crippen LogP contribution < -0.4 is 20.9 Å². The fourth-order valence-corrected chi connectivity index (χ4v) is 5.31. The van der Waals surface area contributed by atoms with Gasteiger partial charge in [0.2, 0.25) is 21.8 Å². The molecule has 2 aromatic carbocycles. The number of ether oxygens (including phenoxy) is 1. The number of H-pyrrole nitrogens is 1. The van der Waals surface area contributed by atoms with Crippen molar-refractivity contribution < 1.29 is 17.9 Å². The zero-order chi connectivity index (χ0) is 26.4. The lowest BCUT2D eigenvalue weighted by molar-refractivity contribution is -0.118. The standard InChI is InChI=1S/C26H30N6O4S/c1-36-26-20(15-17-7-5-6-8-21(17)31-26)23-16-29-25(30-23)22(9-3-2-4-10-24(28)33)32-37(34,35)19-13-11-18(27)12-14-19/h5-8,11-16,22,32H,2-4,9-10,27H2,1H3,(H2,28,33)(H,29,30)/t22-/m0/s1. The van der Waals surface area contributed by atoms with Gasteiger partial charge in [-0.1, -0.05) is 31.0 Å². The molecule has 0 aliphatic carbocycles. The highest BCUT2D eigenvalue weighted by molar-refractivity contribution is 7.89. The molecule has 2 aromatic heterocycles. The van der Waals surface area contributed by atoms with Gasteiger partial charge in [0, 0.05) is 17.5 Å². The summed E-state index contributed by atoms with van der Waals surface area (Å²) in [5, 5.41) is 0.935. The van der Waals surface area contributed by atoms with Crippen LogP contribution >= 0.6 is 0 Å². The van der Waals surface area contributed by atoms with E-state index in [2.05, 4.69) is 19.7 Å². The first-order chi connectivity index (χ1) is 17.8. The number of nitrogen functional groups attached to an aromatic ring is 1. The van der Waals surface area contributed by atoms with Crippen LogP contribution in [0.2, 0.25) is 0 Å². The van der Waals surface area contributed by atoms with Crippen molar-refractivity contribution in [1.82, 2.24) is 19.7 Å². The van der Waals surface area contributed by atoms with Crippen LogP contribution in [0.1, 0.15) is 44.0 Å². The quantitative estimate of drug-likeness (QED) is 0.163. The van der Waals surface area contributed by atoms with E-state index in [0.29, 0.717) is 54.3 Å². The van der Waals surface area contributed by atoms with Gasteiger partial charge < -0.3 is 21.2 Å². The minimum Gasteiger partial charge on any atom is -0.480 e. The predicted molar refractivity (Wildman–Crippen MR) is 142 cm³/mol. The summed E-state index contributed by atoms with van der Waals surface area (Å²) in [6.07, 6.45) is 4.42. The maximum atomic E-state index is 13.1. The van der Waals surface area contributed by atoms with Crippen LogP contribution in [0.4, 0.5) is 5.69 Å². The van der Waals surface area contributed by atoms with E-state index in [4.69, 9.17) is 16.2 Å². The first kappa shape index (κ1) is 26.1. The number of benzene rings is 2. The Labute approximate surface area is 215 Å². The second-order valence-corrected chi connectivity index (χ2v) is 10.4. The molecule has 2 heterocycles. The molecule has 194 valence electrons. The number of rotatable bonds is 12. The maximum Gasteiger partial charge on any atom is 0.241 e. The molecule has 1 amide bonds. The third-order valence-electron chi connectivity index (χ3n) is 6.00. The molecule has 1 atom stereocenters. The SMILES string of the molecule is COc1nc2ccccc2cc1-c1cnc([C@H](CCCCCC(N)=O)NS(=O)(=O)c2ccc(N)cc2)[nH]1. The van der Waals surface area contributed by atoms with Gasteiger partial charge in [0.15, 0.2) is 0 Å². The lowest BCUT2D eigenvalue weighted by atomic mass is 10.1. The molecule has 0 unspecified atom stereocenters. The van der Waals surface area contributed by atoms with Gasteiger partial charge in [0.05, 0.1) is 41.0 Å². The van der Waals surface area contributed by atoms with Crippen molar-refractivity contribution in [3.8, 4) is 17.1 Å². The van der Waals surface area contributed by atoms with Gasteiger partial charge in [-0.05, 0) is 49.2 Å². The van der Waals surface area contributed by atoms with Crippen molar-refractivity contribution in [2.45, 2.75) is 43.0 Å². The number of hydrogen-bond donors (Lipinski definition) is 4. The fourth-order valence-electron chi connectivity index (χ4n) is 4.08. The number of carbonyl (C=O) groups excluding carboxylic acids is 1. The van der Waals surface area contributed by atoms with Crippen molar-refractivity contribution in [2.24, 2.45) is 5.73 Å². The Morgan fingerprint density at radius 2 is 1.86 bits per heavy atom. The second-order valence-electron chi connectivity index (χ2n) is 8.73. The molecule has 0 spiro atoms. The van der Waals surface area contributed by atoms with E-state index in [0.717, 1.165) is 17.3 Å². The van der Waals surface area contributed by atoms with Gasteiger partial charge in [-0.3, -0.25) is 4.79 Å². The summed E-state index contributed by atoms with van der Waals surface area (Å²) in [6.45, 7) is 0. The molecule has 0 saturated heterocycles. The van der Waals surface area contributed by atoms with E-state index in [1.807, 2.05) is 30.3 Å². The van der Waals surface area contributed by atoms with Crippen LogP contribution in [0.25, 0.3) is 22.2 Å². The predicted octanol–water partition coefficient (Wildman–Crippen LogP) is 3.67. The van der Waals surface area contributed by atoms with Crippen molar-refractivity contribution in [1.29, 1.82) is 0 Å². The molecule has 0 aliphatic rings. The number of aromatic amines is 1. The minimum atomic E-state index is -3.85. The molecule has 0 bridgehead atoms. The summed E-state index contributed by atoms with van der Waals surface area (Å²) in [6, 6.07) is 15.0. The van der Waals surface area contributed by atoms with E-state index in [1.54, 1.807) is 13.3 Å². The number of anilines is 1. The summed E-state index contributed by atoms with van der Waals surface area (Å²) in [4.78, 5) is 23.5. The molecule has 4 rings (SSSR count). The maximum absolute atomic E-state index is 13.1. The molecule has 11 heteroatoms. The van der Waals surface area contributed by atoms with Crippen molar-refractivity contribution >= 4 is 32.5 Å². The molecular formula is C26H30N6O4S. The van der Waals surface area contributed by atoms with Crippen LogP contribution in [-0.2, 0) is 14.8 Å². The smallest absolute Gasteiger partial charge is 0.241 e. The van der Waals surface area contributed by atoms with E-state index < -0.39 is 16.1 Å². The summed E-state index contributed by atoms with van der Waals surface area (Å²) in [5.41, 5.74) is 13.6. The highest BCUT2D eigenvalue weighted by Crippen LogP contribution is 2.32. The van der Waals surface area contributed by atoms with Crippen LogP contribution in [0.3, 0.4) is 0 Å². The lowest BCUT2D eigenvalue weighted by Crippen LogP contribution is -2.29. The number of carbonyl (C=O) groups is 1. The lowest BCUT2D eigenvalue weighted by Gasteiger charge is -2.17. The number of sulfonamides is 1. The summed E-state index contributed by atoms with van der Waals surface area (Å²) in [5.74, 6) is 0.535. The van der Waals surface area contributed by atoms with Crippen molar-refractivity contribution in [3.05, 3.63) is 66.6 Å². The molecule has 10 nitrogen and oxygen atoms in total. The Balaban J connectivity index is 1.62. The number of methoxy groups -OCH3 is 1. The third kappa shape index (κ3) is 6.43. The number of nitrogens with two attached hydrogens (primary N) is 2. The number of para-hydroxylation sites is 1. The zero-order valence-electron chi connectivity index (χ0n) is 20.5. The highest BCUT2D eigenvalue weighted by atomic mass is 32.2. The molecule has 6 N–H and O–H groups in total. The Kier molecular flexibility index (Phi) is 8.04. The summed E-state index contributed by atoms with van der Waals surface area (Å²) < 4.78 is 34.6. The number of primary amides is 1. The van der Waals surface area contributed by atoms with Crippen molar-refractivity contribution in [2.75, 3.05) is 12.8 Å². The monoisotopic (exact) mass is 522 g/mol. The average Bonchev–Trinajstić information content (AvgIpc) is 3.37. The number of amides is 1. The topological polar surface area (TPSA) is 166 Å². The molecule has 0 fully saturated rings. The number of imidazole rings is 1. The van der Waals surface area contributed by atoms with E-state index in [-0.39, 0.29) is 10.8 Å². The van der Waals surface area contributed by atoms with Gasteiger partial charge >= 0.3 is 0 Å². The van der Waals surface area contributed by atoms with E-state index >= 15 is 0 Å². The van der Waals surface area contributed by atoms with Crippen molar-refractivity contribution in [3.63, 3.8) is 0 Å². The van der Waals surface area contributed by atoms with Gasteiger partial charge in [-0.25, -0.2) is 23.1 Å². The largest absolute Gasteiger partial charge is 0.480 e. The Hall–Kier alpha value is -3.96. The highest BCUT2D eigenvalue weighted by Gasteiger charge is 2.24. The van der Waals surface area contributed by atoms with Crippen LogP contribution in [0.5, 0.6) is 5.88 Å². The van der Waals surface area contributed by atoms with E-state index in [9.17, 15) is 13.2 Å². The number of nitrogens with one attached hydrogen (secondary N) is 2. The first-order valence-corrected chi connectivity index (χ1v) is 13.4. The average molecular weight is 523 g/mol. The second kappa shape index (κ2) is 11.4. The number of hydrogen-bond acceptors (Lipinski definition) is 7. The van der Waals surface area contributed by atoms with Crippen LogP contribution in [0.15, 0.2) is 65.7 Å². The zero-order valence-corrected chi connectivity index (χ0v) is 21.3. The van der Waals surface area contributed by atoms with Gasteiger partial charge in [0.25, 0.3) is 0 Å². The van der Waals surface area contributed by atoms with Gasteiger partial charge in [0.1, 0.15) is 5.82 Å². The van der Waals surface area contributed by atoms with Crippen LogP contribution in [-0.4, -0.2) is 36.4 Å². The van der Waals surface area contributed by atoms with Crippen LogP contribution in [0, 0.1) is 0 Å². The number of unbranched alkanes of at least 4 members (excludes halogenated alkanes) is 2. The number of fused-ring (bicyclic) bond motifs is 1.